The van der Waals surface area contributed by atoms with Gasteiger partial charge in [-0.25, -0.2) is 15.0 Å². The Morgan fingerprint density at radius 1 is 1.45 bits per heavy atom. The van der Waals surface area contributed by atoms with Gasteiger partial charge in [0.2, 0.25) is 5.91 Å². The van der Waals surface area contributed by atoms with Crippen molar-refractivity contribution in [3.05, 3.63) is 28.5 Å². The second kappa shape index (κ2) is 5.88. The molecular weight excluding hydrogens is 292 g/mol. The Bertz CT molecular complexity index is 628. The summed E-state index contributed by atoms with van der Waals surface area (Å²) in [6.07, 6.45) is 4.93. The number of hydrogen-bond acceptors (Lipinski definition) is 6. The van der Waals surface area contributed by atoms with Gasteiger partial charge in [0.1, 0.15) is 0 Å². The van der Waals surface area contributed by atoms with Crippen molar-refractivity contribution in [1.29, 1.82) is 0 Å². The lowest BCUT2D eigenvalue weighted by molar-refractivity contribution is -0.113. The molecule has 2 aromatic rings. The zero-order valence-corrected chi connectivity index (χ0v) is 12.7. The van der Waals surface area contributed by atoms with E-state index in [0.29, 0.717) is 16.0 Å². The van der Waals surface area contributed by atoms with Crippen molar-refractivity contribution in [2.45, 2.75) is 31.3 Å². The summed E-state index contributed by atoms with van der Waals surface area (Å²) in [5.74, 6) is 0.226. The lowest BCUT2D eigenvalue weighted by Crippen LogP contribution is -2.14. The fourth-order valence-corrected chi connectivity index (χ4v) is 3.48. The molecule has 0 aliphatic heterocycles. The van der Waals surface area contributed by atoms with Gasteiger partial charge in [-0.3, -0.25) is 4.79 Å². The molecule has 1 aliphatic rings. The van der Waals surface area contributed by atoms with Gasteiger partial charge in [0.15, 0.2) is 10.3 Å². The van der Waals surface area contributed by atoms with E-state index >= 15 is 0 Å². The normalized spacial score (nSPS) is 13.2. The van der Waals surface area contributed by atoms with Crippen LogP contribution in [0.1, 0.15) is 23.4 Å². The van der Waals surface area contributed by atoms with Crippen LogP contribution in [-0.2, 0) is 17.6 Å². The minimum atomic E-state index is -0.0771. The maximum absolute atomic E-state index is 11.8. The van der Waals surface area contributed by atoms with Crippen molar-refractivity contribution >= 4 is 34.1 Å². The minimum absolute atomic E-state index is 0.0771. The molecule has 0 unspecified atom stereocenters. The van der Waals surface area contributed by atoms with E-state index in [1.54, 1.807) is 6.20 Å². The molecule has 0 fully saturated rings. The van der Waals surface area contributed by atoms with Gasteiger partial charge in [0.05, 0.1) is 5.75 Å². The average molecular weight is 306 g/mol. The van der Waals surface area contributed by atoms with Crippen molar-refractivity contribution in [1.82, 2.24) is 15.0 Å². The fraction of sp³-hybridized carbons (Fsp3) is 0.385. The first-order valence-corrected chi connectivity index (χ1v) is 8.27. The Morgan fingerprint density at radius 3 is 3.15 bits per heavy atom. The van der Waals surface area contributed by atoms with E-state index in [4.69, 9.17) is 0 Å². The monoisotopic (exact) mass is 306 g/mol. The number of carbonyl (C=O) groups excluding carboxylic acids is 1. The number of aryl methyl sites for hydroxylation is 2. The number of hydrogen-bond donors (Lipinski definition) is 1. The molecule has 5 nitrogen and oxygen atoms in total. The zero-order valence-electron chi connectivity index (χ0n) is 11.0. The predicted octanol–water partition coefficient (Wildman–Crippen LogP) is 2.46. The molecule has 1 aliphatic carbocycles. The van der Waals surface area contributed by atoms with Gasteiger partial charge in [-0.15, -0.1) is 11.3 Å². The highest BCUT2D eigenvalue weighted by Crippen LogP contribution is 2.25. The summed E-state index contributed by atoms with van der Waals surface area (Å²) in [7, 11) is 0. The van der Waals surface area contributed by atoms with Gasteiger partial charge in [-0.05, 0) is 31.7 Å². The Labute approximate surface area is 125 Å². The summed E-state index contributed by atoms with van der Waals surface area (Å²) in [6.45, 7) is 2.02. The number of anilines is 1. The minimum Gasteiger partial charge on any atom is -0.301 e. The molecule has 0 spiro atoms. The third-order valence-electron chi connectivity index (χ3n) is 3.13. The molecule has 20 heavy (non-hydrogen) atoms. The van der Waals surface area contributed by atoms with E-state index in [1.165, 1.54) is 28.7 Å². The molecule has 0 aromatic carbocycles. The van der Waals surface area contributed by atoms with E-state index in [9.17, 15) is 4.79 Å². The third-order valence-corrected chi connectivity index (χ3v) is 4.67. The van der Waals surface area contributed by atoms with E-state index in [0.717, 1.165) is 30.7 Å². The summed E-state index contributed by atoms with van der Waals surface area (Å²) in [6, 6.07) is 0. The SMILES string of the molecule is Cc1nc(SCC(=O)Nc2nccs2)nc2c1CCC2. The Hall–Kier alpha value is -1.47. The van der Waals surface area contributed by atoms with Crippen molar-refractivity contribution in [3.63, 3.8) is 0 Å². The number of amides is 1. The molecule has 2 heterocycles. The second-order valence-corrected chi connectivity index (χ2v) is 6.38. The van der Waals surface area contributed by atoms with Crippen molar-refractivity contribution in [2.24, 2.45) is 0 Å². The Morgan fingerprint density at radius 2 is 2.35 bits per heavy atom. The number of thioether (sulfide) groups is 1. The molecule has 0 radical (unpaired) electrons. The van der Waals surface area contributed by atoms with Crippen LogP contribution in [0.4, 0.5) is 5.13 Å². The number of rotatable bonds is 4. The van der Waals surface area contributed by atoms with Crippen molar-refractivity contribution < 1.29 is 4.79 Å². The third kappa shape index (κ3) is 2.99. The van der Waals surface area contributed by atoms with E-state index in [2.05, 4.69) is 20.3 Å². The Kier molecular flexibility index (Phi) is 3.98. The molecular formula is C13H14N4OS2. The van der Waals surface area contributed by atoms with Crippen LogP contribution in [0.3, 0.4) is 0 Å². The summed E-state index contributed by atoms with van der Waals surface area (Å²) in [5, 5.41) is 5.90. The average Bonchev–Trinajstić information content (AvgIpc) is 3.07. The summed E-state index contributed by atoms with van der Waals surface area (Å²) in [4.78, 5) is 24.8. The van der Waals surface area contributed by atoms with Crippen LogP contribution >= 0.6 is 23.1 Å². The van der Waals surface area contributed by atoms with Gasteiger partial charge in [0.25, 0.3) is 0 Å². The first-order chi connectivity index (χ1) is 9.72. The standard InChI is InChI=1S/C13H14N4OS2/c1-8-9-3-2-4-10(9)16-13(15-8)20-7-11(18)17-12-14-5-6-19-12/h5-6H,2-4,7H2,1H3,(H,14,17,18). The van der Waals surface area contributed by atoms with Crippen LogP contribution in [0.15, 0.2) is 16.7 Å². The van der Waals surface area contributed by atoms with Crippen LogP contribution in [-0.4, -0.2) is 26.6 Å². The van der Waals surface area contributed by atoms with Crippen molar-refractivity contribution in [3.8, 4) is 0 Å². The second-order valence-electron chi connectivity index (χ2n) is 4.54. The van der Waals surface area contributed by atoms with Crippen LogP contribution in [0.2, 0.25) is 0 Å². The lowest BCUT2D eigenvalue weighted by Gasteiger charge is -2.06. The first-order valence-electron chi connectivity index (χ1n) is 6.41. The van der Waals surface area contributed by atoms with E-state index in [1.807, 2.05) is 12.3 Å². The fourth-order valence-electron chi connectivity index (χ4n) is 2.23. The smallest absolute Gasteiger partial charge is 0.236 e. The summed E-state index contributed by atoms with van der Waals surface area (Å²) < 4.78 is 0. The molecule has 0 saturated carbocycles. The maximum atomic E-state index is 11.8. The van der Waals surface area contributed by atoms with E-state index < -0.39 is 0 Å². The van der Waals surface area contributed by atoms with Gasteiger partial charge in [-0.1, -0.05) is 11.8 Å². The van der Waals surface area contributed by atoms with Crippen LogP contribution in [0, 0.1) is 6.92 Å². The molecule has 104 valence electrons. The number of nitrogens with one attached hydrogen (secondary N) is 1. The number of carbonyl (C=O) groups is 1. The molecule has 1 amide bonds. The van der Waals surface area contributed by atoms with Gasteiger partial charge < -0.3 is 5.32 Å². The van der Waals surface area contributed by atoms with Crippen LogP contribution in [0.25, 0.3) is 0 Å². The molecule has 0 atom stereocenters. The first kappa shape index (κ1) is 13.5. The number of nitrogens with zero attached hydrogens (tertiary/aromatic N) is 3. The number of fused-ring (bicyclic) bond motifs is 1. The molecule has 3 rings (SSSR count). The highest BCUT2D eigenvalue weighted by Gasteiger charge is 2.17. The van der Waals surface area contributed by atoms with Gasteiger partial charge in [-0.2, -0.15) is 0 Å². The highest BCUT2D eigenvalue weighted by atomic mass is 32.2. The lowest BCUT2D eigenvalue weighted by atomic mass is 10.2. The zero-order chi connectivity index (χ0) is 13.9. The molecule has 2 aromatic heterocycles. The number of thiazole rings is 1. The topological polar surface area (TPSA) is 67.8 Å². The highest BCUT2D eigenvalue weighted by molar-refractivity contribution is 7.99. The Balaban J connectivity index is 1.61. The van der Waals surface area contributed by atoms with Gasteiger partial charge >= 0.3 is 0 Å². The number of aromatic nitrogens is 3. The molecule has 0 bridgehead atoms. The maximum Gasteiger partial charge on any atom is 0.236 e. The van der Waals surface area contributed by atoms with Crippen LogP contribution in [0.5, 0.6) is 0 Å². The predicted molar refractivity (Wildman–Crippen MR) is 80.3 cm³/mol. The van der Waals surface area contributed by atoms with Crippen LogP contribution < -0.4 is 5.32 Å². The molecule has 7 heteroatoms. The van der Waals surface area contributed by atoms with Crippen molar-refractivity contribution in [2.75, 3.05) is 11.1 Å². The quantitative estimate of drug-likeness (QED) is 0.694. The molecule has 0 saturated heterocycles. The van der Waals surface area contributed by atoms with E-state index in [-0.39, 0.29) is 5.91 Å². The summed E-state index contributed by atoms with van der Waals surface area (Å²) >= 11 is 2.78. The largest absolute Gasteiger partial charge is 0.301 e. The molecule has 1 N–H and O–H groups in total. The van der Waals surface area contributed by atoms with Gasteiger partial charge in [0, 0.05) is 23.0 Å². The summed E-state index contributed by atoms with van der Waals surface area (Å²) in [5.41, 5.74) is 3.50.